The number of nitrogens with two attached hydrogens (primary N) is 1. The standard InChI is InChI=1S/C12H17IN2O/c1-3-10(14)7-12(16)15-11-5-4-9(13)6-8(11)2/h4-6,10H,3,7,14H2,1-2H3,(H,15,16). The molecule has 1 unspecified atom stereocenters. The Morgan fingerprint density at radius 3 is 2.81 bits per heavy atom. The van der Waals surface area contributed by atoms with Crippen molar-refractivity contribution in [3.63, 3.8) is 0 Å². The second kappa shape index (κ2) is 6.20. The molecular weight excluding hydrogens is 315 g/mol. The molecule has 0 heterocycles. The van der Waals surface area contributed by atoms with Gasteiger partial charge >= 0.3 is 0 Å². The predicted molar refractivity (Wildman–Crippen MR) is 75.4 cm³/mol. The number of carbonyl (C=O) groups excluding carboxylic acids is 1. The minimum Gasteiger partial charge on any atom is -0.327 e. The van der Waals surface area contributed by atoms with Gasteiger partial charge in [0.25, 0.3) is 0 Å². The number of hydrogen-bond donors (Lipinski definition) is 2. The van der Waals surface area contributed by atoms with Crippen LogP contribution < -0.4 is 11.1 Å². The van der Waals surface area contributed by atoms with Crippen LogP contribution in [-0.4, -0.2) is 11.9 Å². The van der Waals surface area contributed by atoms with E-state index < -0.39 is 0 Å². The molecule has 88 valence electrons. The van der Waals surface area contributed by atoms with Crippen molar-refractivity contribution in [1.29, 1.82) is 0 Å². The summed E-state index contributed by atoms with van der Waals surface area (Å²) in [5.74, 6) is -0.0151. The summed E-state index contributed by atoms with van der Waals surface area (Å²) < 4.78 is 1.17. The van der Waals surface area contributed by atoms with Crippen molar-refractivity contribution in [3.8, 4) is 0 Å². The van der Waals surface area contributed by atoms with Crippen molar-refractivity contribution in [2.75, 3.05) is 5.32 Å². The molecule has 0 aliphatic heterocycles. The van der Waals surface area contributed by atoms with E-state index >= 15 is 0 Å². The van der Waals surface area contributed by atoms with E-state index in [2.05, 4.69) is 27.9 Å². The van der Waals surface area contributed by atoms with E-state index in [1.807, 2.05) is 32.0 Å². The van der Waals surface area contributed by atoms with Crippen molar-refractivity contribution in [3.05, 3.63) is 27.3 Å². The maximum atomic E-state index is 11.6. The SMILES string of the molecule is CCC(N)CC(=O)Nc1ccc(I)cc1C. The number of benzene rings is 1. The van der Waals surface area contributed by atoms with Crippen molar-refractivity contribution < 1.29 is 4.79 Å². The third kappa shape index (κ3) is 4.09. The Morgan fingerprint density at radius 1 is 1.56 bits per heavy atom. The maximum absolute atomic E-state index is 11.6. The molecular formula is C12H17IN2O. The van der Waals surface area contributed by atoms with Crippen LogP contribution >= 0.6 is 22.6 Å². The lowest BCUT2D eigenvalue weighted by Gasteiger charge is -2.11. The van der Waals surface area contributed by atoms with E-state index in [1.165, 1.54) is 3.57 Å². The minimum absolute atomic E-state index is 0.0151. The highest BCUT2D eigenvalue weighted by atomic mass is 127. The number of aryl methyl sites for hydroxylation is 1. The zero-order valence-corrected chi connectivity index (χ0v) is 11.7. The topological polar surface area (TPSA) is 55.1 Å². The molecule has 0 aliphatic carbocycles. The second-order valence-corrected chi connectivity index (χ2v) is 5.13. The number of hydrogen-bond acceptors (Lipinski definition) is 2. The van der Waals surface area contributed by atoms with Crippen molar-refractivity contribution >= 4 is 34.2 Å². The van der Waals surface area contributed by atoms with Gasteiger partial charge in [0.05, 0.1) is 0 Å². The minimum atomic E-state index is -0.0517. The van der Waals surface area contributed by atoms with Gasteiger partial charge in [-0.3, -0.25) is 4.79 Å². The van der Waals surface area contributed by atoms with Gasteiger partial charge in [-0.25, -0.2) is 0 Å². The Labute approximate surface area is 110 Å². The van der Waals surface area contributed by atoms with Crippen LogP contribution in [0, 0.1) is 10.5 Å². The number of anilines is 1. The first-order valence-corrected chi connectivity index (χ1v) is 6.42. The number of rotatable bonds is 4. The van der Waals surface area contributed by atoms with Crippen molar-refractivity contribution in [2.45, 2.75) is 32.7 Å². The summed E-state index contributed by atoms with van der Waals surface area (Å²) in [6.45, 7) is 3.96. The quantitative estimate of drug-likeness (QED) is 0.833. The molecule has 0 saturated heterocycles. The molecule has 0 fully saturated rings. The Balaban J connectivity index is 2.63. The largest absolute Gasteiger partial charge is 0.327 e. The number of carbonyl (C=O) groups is 1. The smallest absolute Gasteiger partial charge is 0.225 e. The van der Waals surface area contributed by atoms with Crippen LogP contribution in [0.5, 0.6) is 0 Å². The molecule has 1 amide bonds. The van der Waals surface area contributed by atoms with Crippen LogP contribution in [0.1, 0.15) is 25.3 Å². The van der Waals surface area contributed by atoms with Gasteiger partial charge in [-0.05, 0) is 59.7 Å². The van der Waals surface area contributed by atoms with E-state index in [9.17, 15) is 4.79 Å². The molecule has 0 aliphatic rings. The highest BCUT2D eigenvalue weighted by Crippen LogP contribution is 2.17. The Kier molecular flexibility index (Phi) is 5.21. The third-order valence-corrected chi connectivity index (χ3v) is 3.11. The predicted octanol–water partition coefficient (Wildman–Crippen LogP) is 2.67. The van der Waals surface area contributed by atoms with Gasteiger partial charge in [0.2, 0.25) is 5.91 Å². The molecule has 1 aromatic rings. The zero-order valence-electron chi connectivity index (χ0n) is 9.59. The lowest BCUT2D eigenvalue weighted by atomic mass is 10.1. The molecule has 0 aromatic heterocycles. The van der Waals surface area contributed by atoms with E-state index in [1.54, 1.807) is 0 Å². The van der Waals surface area contributed by atoms with Crippen LogP contribution in [0.25, 0.3) is 0 Å². The molecule has 3 N–H and O–H groups in total. The third-order valence-electron chi connectivity index (χ3n) is 2.43. The first kappa shape index (κ1) is 13.4. The van der Waals surface area contributed by atoms with E-state index in [4.69, 9.17) is 5.73 Å². The summed E-state index contributed by atoms with van der Waals surface area (Å²) >= 11 is 2.25. The fourth-order valence-electron chi connectivity index (χ4n) is 1.35. The molecule has 0 saturated carbocycles. The van der Waals surface area contributed by atoms with Gasteiger partial charge in [-0.15, -0.1) is 0 Å². The van der Waals surface area contributed by atoms with Gasteiger partial charge in [-0.2, -0.15) is 0 Å². The van der Waals surface area contributed by atoms with Crippen LogP contribution in [0.4, 0.5) is 5.69 Å². The molecule has 0 spiro atoms. The summed E-state index contributed by atoms with van der Waals surface area (Å²) in [7, 11) is 0. The van der Waals surface area contributed by atoms with Gasteiger partial charge in [0.15, 0.2) is 0 Å². The van der Waals surface area contributed by atoms with Gasteiger partial charge < -0.3 is 11.1 Å². The van der Waals surface area contributed by atoms with Gasteiger partial charge in [0.1, 0.15) is 0 Å². The first-order valence-electron chi connectivity index (χ1n) is 5.34. The number of halogens is 1. The molecule has 3 nitrogen and oxygen atoms in total. The monoisotopic (exact) mass is 332 g/mol. The summed E-state index contributed by atoms with van der Waals surface area (Å²) in [5.41, 5.74) is 7.67. The fraction of sp³-hybridized carbons (Fsp3) is 0.417. The summed E-state index contributed by atoms with van der Waals surface area (Å²) in [5, 5.41) is 2.88. The molecule has 16 heavy (non-hydrogen) atoms. The summed E-state index contributed by atoms with van der Waals surface area (Å²) in [6, 6.07) is 5.88. The van der Waals surface area contributed by atoms with Crippen LogP contribution in [0.3, 0.4) is 0 Å². The zero-order chi connectivity index (χ0) is 12.1. The van der Waals surface area contributed by atoms with Gasteiger partial charge in [0, 0.05) is 21.7 Å². The van der Waals surface area contributed by atoms with E-state index in [-0.39, 0.29) is 11.9 Å². The van der Waals surface area contributed by atoms with Crippen LogP contribution in [0.2, 0.25) is 0 Å². The molecule has 0 radical (unpaired) electrons. The first-order chi connectivity index (χ1) is 7.52. The highest BCUT2D eigenvalue weighted by Gasteiger charge is 2.08. The Morgan fingerprint density at radius 2 is 2.25 bits per heavy atom. The molecule has 0 bridgehead atoms. The Hall–Kier alpha value is -0.620. The van der Waals surface area contributed by atoms with Crippen molar-refractivity contribution in [1.82, 2.24) is 0 Å². The summed E-state index contributed by atoms with van der Waals surface area (Å²) in [4.78, 5) is 11.6. The average molecular weight is 332 g/mol. The highest BCUT2D eigenvalue weighted by molar-refractivity contribution is 14.1. The molecule has 1 atom stereocenters. The molecule has 1 aromatic carbocycles. The fourth-order valence-corrected chi connectivity index (χ4v) is 2.00. The van der Waals surface area contributed by atoms with E-state index in [0.717, 1.165) is 17.7 Å². The Bertz CT molecular complexity index is 379. The van der Waals surface area contributed by atoms with Gasteiger partial charge in [-0.1, -0.05) is 6.92 Å². The van der Waals surface area contributed by atoms with Crippen LogP contribution in [0.15, 0.2) is 18.2 Å². The molecule has 1 rings (SSSR count). The normalized spacial score (nSPS) is 12.2. The average Bonchev–Trinajstić information content (AvgIpc) is 2.22. The number of amides is 1. The maximum Gasteiger partial charge on any atom is 0.225 e. The van der Waals surface area contributed by atoms with Crippen LogP contribution in [-0.2, 0) is 4.79 Å². The van der Waals surface area contributed by atoms with Crippen molar-refractivity contribution in [2.24, 2.45) is 5.73 Å². The lowest BCUT2D eigenvalue weighted by molar-refractivity contribution is -0.116. The molecule has 4 heteroatoms. The lowest BCUT2D eigenvalue weighted by Crippen LogP contribution is -2.26. The summed E-state index contributed by atoms with van der Waals surface area (Å²) in [6.07, 6.45) is 1.20. The second-order valence-electron chi connectivity index (χ2n) is 3.88. The number of nitrogens with one attached hydrogen (secondary N) is 1. The van der Waals surface area contributed by atoms with E-state index in [0.29, 0.717) is 6.42 Å².